The Morgan fingerprint density at radius 2 is 1.74 bits per heavy atom. The molecule has 0 unspecified atom stereocenters. The molecule has 0 fully saturated rings. The molecule has 1 N–H and O–H groups in total. The van der Waals surface area contributed by atoms with Crippen LogP contribution in [0.3, 0.4) is 0 Å². The number of aromatic hydroxyl groups is 1. The summed E-state index contributed by atoms with van der Waals surface area (Å²) in [5.74, 6) is -0.898. The van der Waals surface area contributed by atoms with Gasteiger partial charge in [-0.3, -0.25) is 4.79 Å². The van der Waals surface area contributed by atoms with Gasteiger partial charge in [-0.25, -0.2) is 17.5 Å². The number of phenols is 1. The maximum Gasteiger partial charge on any atom is 0.345 e. The zero-order valence-corrected chi connectivity index (χ0v) is 20.2. The first-order valence-electron chi connectivity index (χ1n) is 10.5. The number of carbonyl (C=O) groups excluding carboxylic acids is 2. The molecule has 0 radical (unpaired) electrons. The van der Waals surface area contributed by atoms with E-state index in [-0.39, 0.29) is 35.2 Å². The number of rotatable bonds is 8. The topological polar surface area (TPSA) is 119 Å². The highest BCUT2D eigenvalue weighted by atomic mass is 32.2. The lowest BCUT2D eigenvalue weighted by atomic mass is 10.1. The maximum atomic E-state index is 12.9. The number of sulfonamides is 1. The molecule has 2 aromatic carbocycles. The lowest BCUT2D eigenvalue weighted by Gasteiger charge is -2.30. The Hall–Kier alpha value is -3.53. The van der Waals surface area contributed by atoms with Crippen LogP contribution in [-0.4, -0.2) is 55.6 Å². The fourth-order valence-corrected chi connectivity index (χ4v) is 5.38. The molecule has 1 amide bonds. The summed E-state index contributed by atoms with van der Waals surface area (Å²) in [6.07, 6.45) is 1.57. The van der Waals surface area contributed by atoms with Crippen molar-refractivity contribution < 1.29 is 37.3 Å². The van der Waals surface area contributed by atoms with Gasteiger partial charge in [0.1, 0.15) is 27.7 Å². The first-order chi connectivity index (χ1) is 16.0. The van der Waals surface area contributed by atoms with E-state index in [2.05, 4.69) is 4.74 Å². The van der Waals surface area contributed by atoms with Crippen LogP contribution in [0.2, 0.25) is 0 Å². The zero-order chi connectivity index (χ0) is 25.1. The highest BCUT2D eigenvalue weighted by Gasteiger charge is 2.44. The summed E-state index contributed by atoms with van der Waals surface area (Å²) in [6.45, 7) is 5.42. The van der Waals surface area contributed by atoms with Crippen LogP contribution in [0.15, 0.2) is 48.5 Å². The minimum atomic E-state index is -3.97. The molecule has 0 saturated heterocycles. The van der Waals surface area contributed by atoms with Crippen LogP contribution in [0.4, 0.5) is 0 Å². The van der Waals surface area contributed by atoms with E-state index in [1.54, 1.807) is 57.2 Å². The number of amides is 1. The highest BCUT2D eigenvalue weighted by Crippen LogP contribution is 2.36. The Morgan fingerprint density at radius 3 is 2.38 bits per heavy atom. The van der Waals surface area contributed by atoms with Gasteiger partial charge in [-0.05, 0) is 50.6 Å². The normalized spacial score (nSPS) is 15.1. The number of methoxy groups -OCH3 is 1. The third kappa shape index (κ3) is 5.17. The number of hydrogen-bond donors (Lipinski definition) is 1. The van der Waals surface area contributed by atoms with E-state index in [0.717, 1.165) is 10.4 Å². The molecule has 0 atom stereocenters. The van der Waals surface area contributed by atoms with Crippen molar-refractivity contribution in [1.82, 2.24) is 4.31 Å². The van der Waals surface area contributed by atoms with Gasteiger partial charge >= 0.3 is 5.97 Å². The average Bonchev–Trinajstić information content (AvgIpc) is 3.01. The summed E-state index contributed by atoms with van der Waals surface area (Å²) in [6, 6.07) is 11.0. The van der Waals surface area contributed by atoms with E-state index in [1.165, 1.54) is 13.2 Å². The second kappa shape index (κ2) is 9.76. The summed E-state index contributed by atoms with van der Waals surface area (Å²) in [5.41, 5.74) is -0.578. The van der Waals surface area contributed by atoms with Crippen LogP contribution >= 0.6 is 0 Å². The Kier molecular flexibility index (Phi) is 7.21. The van der Waals surface area contributed by atoms with Crippen molar-refractivity contribution in [2.75, 3.05) is 20.3 Å². The highest BCUT2D eigenvalue weighted by molar-refractivity contribution is 7.99. The van der Waals surface area contributed by atoms with E-state index >= 15 is 0 Å². The van der Waals surface area contributed by atoms with Gasteiger partial charge in [-0.1, -0.05) is 18.2 Å². The fraction of sp³-hybridized carbons (Fsp3) is 0.333. The van der Waals surface area contributed by atoms with Gasteiger partial charge in [0.25, 0.3) is 15.9 Å². The molecule has 1 aliphatic heterocycles. The van der Waals surface area contributed by atoms with Gasteiger partial charge < -0.3 is 19.3 Å². The Morgan fingerprint density at radius 1 is 1.06 bits per heavy atom. The van der Waals surface area contributed by atoms with Crippen molar-refractivity contribution in [1.29, 1.82) is 0 Å². The first-order valence-corrected chi connectivity index (χ1v) is 12.0. The van der Waals surface area contributed by atoms with Crippen molar-refractivity contribution in [3.8, 4) is 17.2 Å². The Balaban J connectivity index is 1.62. The van der Waals surface area contributed by atoms with Crippen LogP contribution in [0, 0.1) is 0 Å². The number of hydrogen-bond acceptors (Lipinski definition) is 8. The molecule has 0 spiro atoms. The lowest BCUT2D eigenvalue weighted by Crippen LogP contribution is -2.45. The minimum absolute atomic E-state index is 0.0523. The number of carbonyl (C=O) groups is 2. The van der Waals surface area contributed by atoms with E-state index in [1.807, 2.05) is 0 Å². The summed E-state index contributed by atoms with van der Waals surface area (Å²) >= 11 is 0. The predicted octanol–water partition coefficient (Wildman–Crippen LogP) is 3.34. The molecule has 10 heteroatoms. The van der Waals surface area contributed by atoms with Crippen LogP contribution in [0.1, 0.15) is 43.1 Å². The SMILES string of the molecule is COC(=O)c1c(O)cccc1OCCCOc1cccc(C2=CC(=O)N(C(C)(C)C)S2(=O)=O)c1. The van der Waals surface area contributed by atoms with Crippen molar-refractivity contribution in [2.45, 2.75) is 32.7 Å². The van der Waals surface area contributed by atoms with Crippen LogP contribution in [0.5, 0.6) is 17.2 Å². The average molecular weight is 490 g/mol. The Labute approximate surface area is 198 Å². The first kappa shape index (κ1) is 25.1. The smallest absolute Gasteiger partial charge is 0.345 e. The summed E-state index contributed by atoms with van der Waals surface area (Å²) < 4.78 is 42.7. The van der Waals surface area contributed by atoms with E-state index in [4.69, 9.17) is 9.47 Å². The van der Waals surface area contributed by atoms with Gasteiger partial charge in [0.05, 0.1) is 25.9 Å². The number of phenolic OH excluding ortho intramolecular Hbond substituents is 1. The quantitative estimate of drug-likeness (QED) is 0.443. The molecule has 182 valence electrons. The molecular weight excluding hydrogens is 462 g/mol. The molecule has 9 nitrogen and oxygen atoms in total. The van der Waals surface area contributed by atoms with Gasteiger partial charge in [-0.2, -0.15) is 0 Å². The van der Waals surface area contributed by atoms with Crippen LogP contribution in [0.25, 0.3) is 4.91 Å². The number of benzene rings is 2. The summed E-state index contributed by atoms with van der Waals surface area (Å²) in [4.78, 5) is 24.1. The fourth-order valence-electron chi connectivity index (χ4n) is 3.50. The second-order valence-corrected chi connectivity index (χ2v) is 10.3. The molecule has 1 heterocycles. The molecule has 1 aliphatic rings. The van der Waals surface area contributed by atoms with E-state index in [0.29, 0.717) is 17.7 Å². The van der Waals surface area contributed by atoms with Crippen molar-refractivity contribution >= 4 is 26.8 Å². The molecule has 0 bridgehead atoms. The number of nitrogens with zero attached hydrogens (tertiary/aromatic N) is 1. The standard InChI is InChI=1S/C24H27NO8S/c1-24(2,3)25-21(27)15-20(34(25,29)30)16-8-5-9-17(14-16)32-12-7-13-33-19-11-6-10-18(26)22(19)23(28)31-4/h5-6,8-11,14-15,26H,7,12-13H2,1-4H3. The molecular formula is C24H27NO8S. The Bertz CT molecular complexity index is 1230. The molecule has 0 aromatic heterocycles. The monoisotopic (exact) mass is 489 g/mol. The van der Waals surface area contributed by atoms with Gasteiger partial charge in [0, 0.05) is 12.5 Å². The van der Waals surface area contributed by atoms with E-state index < -0.39 is 27.4 Å². The largest absolute Gasteiger partial charge is 0.507 e. The number of esters is 1. The lowest BCUT2D eigenvalue weighted by molar-refractivity contribution is -0.123. The van der Waals surface area contributed by atoms with Gasteiger partial charge in [-0.15, -0.1) is 0 Å². The second-order valence-electron chi connectivity index (χ2n) is 8.51. The molecule has 0 saturated carbocycles. The van der Waals surface area contributed by atoms with Gasteiger partial charge in [0.15, 0.2) is 0 Å². The third-order valence-electron chi connectivity index (χ3n) is 4.91. The zero-order valence-electron chi connectivity index (χ0n) is 19.4. The van der Waals surface area contributed by atoms with Crippen molar-refractivity contribution in [2.24, 2.45) is 0 Å². The predicted molar refractivity (Wildman–Crippen MR) is 125 cm³/mol. The van der Waals surface area contributed by atoms with E-state index in [9.17, 15) is 23.1 Å². The molecule has 34 heavy (non-hydrogen) atoms. The number of ether oxygens (including phenoxy) is 3. The molecule has 3 rings (SSSR count). The summed E-state index contributed by atoms with van der Waals surface area (Å²) in [5, 5.41) is 9.90. The summed E-state index contributed by atoms with van der Waals surface area (Å²) in [7, 11) is -2.76. The molecule has 0 aliphatic carbocycles. The van der Waals surface area contributed by atoms with Crippen LogP contribution in [-0.2, 0) is 19.6 Å². The van der Waals surface area contributed by atoms with Gasteiger partial charge in [0.2, 0.25) is 0 Å². The maximum absolute atomic E-state index is 12.9. The van der Waals surface area contributed by atoms with Crippen molar-refractivity contribution in [3.63, 3.8) is 0 Å². The molecule has 2 aromatic rings. The third-order valence-corrected chi connectivity index (χ3v) is 7.03. The van der Waals surface area contributed by atoms with Crippen molar-refractivity contribution in [3.05, 3.63) is 59.7 Å². The van der Waals surface area contributed by atoms with Crippen LogP contribution < -0.4 is 9.47 Å². The minimum Gasteiger partial charge on any atom is -0.507 e.